The molecule has 0 saturated carbocycles. The summed E-state index contributed by atoms with van der Waals surface area (Å²) in [7, 11) is 2.12. The molecule has 4 aromatic rings. The highest BCUT2D eigenvalue weighted by molar-refractivity contribution is 6.09. The van der Waals surface area contributed by atoms with Gasteiger partial charge in [-0.3, -0.25) is 0 Å². The number of hydrogen-bond donors (Lipinski definition) is 0. The maximum atomic E-state index is 6.29. The highest BCUT2D eigenvalue weighted by atomic mass is 16.3. The van der Waals surface area contributed by atoms with E-state index in [-0.39, 0.29) is 0 Å². The fraction of sp³-hybridized carbons (Fsp3) is 0.261. The minimum absolute atomic E-state index is 0.520. The third-order valence-corrected chi connectivity index (χ3v) is 5.08. The van der Waals surface area contributed by atoms with Crippen molar-refractivity contribution in [2.45, 2.75) is 33.6 Å². The smallest absolute Gasteiger partial charge is 0.216 e. The van der Waals surface area contributed by atoms with Gasteiger partial charge in [-0.05, 0) is 43.5 Å². The molecular formula is C23H24NO+. The molecule has 0 unspecified atom stereocenters. The van der Waals surface area contributed by atoms with Crippen LogP contribution in [0.5, 0.6) is 0 Å². The van der Waals surface area contributed by atoms with E-state index in [9.17, 15) is 0 Å². The van der Waals surface area contributed by atoms with Crippen LogP contribution in [0.3, 0.4) is 0 Å². The number of rotatable bonds is 2. The molecular weight excluding hydrogens is 306 g/mol. The van der Waals surface area contributed by atoms with E-state index in [0.717, 1.165) is 11.2 Å². The summed E-state index contributed by atoms with van der Waals surface area (Å²) in [5.74, 6) is 0.520. The lowest BCUT2D eigenvalue weighted by atomic mass is 9.98. The molecule has 0 fully saturated rings. The molecule has 0 N–H and O–H groups in total. The minimum atomic E-state index is 0.520. The number of aromatic nitrogens is 1. The van der Waals surface area contributed by atoms with Crippen molar-refractivity contribution in [1.29, 1.82) is 0 Å². The third-order valence-electron chi connectivity index (χ3n) is 5.08. The second kappa shape index (κ2) is 5.73. The van der Waals surface area contributed by atoms with Crippen LogP contribution in [0.25, 0.3) is 33.2 Å². The molecule has 0 aliphatic heterocycles. The van der Waals surface area contributed by atoms with Crippen LogP contribution < -0.4 is 4.57 Å². The van der Waals surface area contributed by atoms with E-state index in [1.54, 1.807) is 0 Å². The molecule has 0 atom stereocenters. The standard InChI is InChI=1S/C23H24NO/c1-14(2)17-8-10-20(24(5)13-17)22-16(4)7-9-18-19-12-15(3)6-11-21(19)25-23(18)22/h6-14H,1-5H3/q+1. The van der Waals surface area contributed by atoms with Crippen LogP contribution in [0.4, 0.5) is 0 Å². The minimum Gasteiger partial charge on any atom is -0.455 e. The van der Waals surface area contributed by atoms with E-state index >= 15 is 0 Å². The summed E-state index contributed by atoms with van der Waals surface area (Å²) in [5.41, 5.74) is 8.13. The highest BCUT2D eigenvalue weighted by Gasteiger charge is 2.21. The van der Waals surface area contributed by atoms with Crippen molar-refractivity contribution in [2.75, 3.05) is 0 Å². The topological polar surface area (TPSA) is 17.0 Å². The largest absolute Gasteiger partial charge is 0.455 e. The quantitative estimate of drug-likeness (QED) is 0.423. The van der Waals surface area contributed by atoms with Crippen LogP contribution in [0, 0.1) is 13.8 Å². The number of fused-ring (bicyclic) bond motifs is 3. The maximum absolute atomic E-state index is 6.29. The Morgan fingerprint density at radius 3 is 2.44 bits per heavy atom. The van der Waals surface area contributed by atoms with Gasteiger partial charge in [0.15, 0.2) is 6.20 Å². The van der Waals surface area contributed by atoms with Gasteiger partial charge in [0.2, 0.25) is 5.69 Å². The van der Waals surface area contributed by atoms with Gasteiger partial charge in [-0.1, -0.05) is 37.6 Å². The van der Waals surface area contributed by atoms with Crippen molar-refractivity contribution in [3.63, 3.8) is 0 Å². The first kappa shape index (κ1) is 15.9. The molecule has 0 aliphatic carbocycles. The molecule has 0 spiro atoms. The van der Waals surface area contributed by atoms with Gasteiger partial charge in [0, 0.05) is 22.4 Å². The molecule has 2 heteroatoms. The highest BCUT2D eigenvalue weighted by Crippen LogP contribution is 2.37. The van der Waals surface area contributed by atoms with Crippen molar-refractivity contribution in [3.05, 3.63) is 65.4 Å². The predicted molar refractivity (Wildman–Crippen MR) is 104 cm³/mol. The Morgan fingerprint density at radius 1 is 0.920 bits per heavy atom. The van der Waals surface area contributed by atoms with Crippen molar-refractivity contribution >= 4 is 21.9 Å². The van der Waals surface area contributed by atoms with Gasteiger partial charge in [0.25, 0.3) is 0 Å². The normalized spacial score (nSPS) is 11.8. The van der Waals surface area contributed by atoms with Crippen LogP contribution in [0.15, 0.2) is 53.1 Å². The second-order valence-corrected chi connectivity index (χ2v) is 7.35. The van der Waals surface area contributed by atoms with E-state index in [0.29, 0.717) is 5.92 Å². The average Bonchev–Trinajstić information content (AvgIpc) is 2.93. The van der Waals surface area contributed by atoms with Crippen LogP contribution in [-0.2, 0) is 7.05 Å². The van der Waals surface area contributed by atoms with E-state index in [1.165, 1.54) is 38.7 Å². The van der Waals surface area contributed by atoms with Gasteiger partial charge in [0.05, 0.1) is 5.56 Å². The first-order valence-corrected chi connectivity index (χ1v) is 8.88. The molecule has 0 aliphatic rings. The van der Waals surface area contributed by atoms with E-state index in [2.05, 4.69) is 88.0 Å². The number of furan rings is 1. The number of nitrogens with zero attached hydrogens (tertiary/aromatic N) is 1. The van der Waals surface area contributed by atoms with Crippen LogP contribution >= 0.6 is 0 Å². The van der Waals surface area contributed by atoms with Crippen molar-refractivity contribution < 1.29 is 8.98 Å². The molecule has 25 heavy (non-hydrogen) atoms. The Morgan fingerprint density at radius 2 is 1.72 bits per heavy atom. The fourth-order valence-corrected chi connectivity index (χ4v) is 3.60. The maximum Gasteiger partial charge on any atom is 0.216 e. The van der Waals surface area contributed by atoms with E-state index in [1.807, 2.05) is 0 Å². The van der Waals surface area contributed by atoms with Gasteiger partial charge in [-0.15, -0.1) is 0 Å². The van der Waals surface area contributed by atoms with Gasteiger partial charge in [0.1, 0.15) is 18.2 Å². The third kappa shape index (κ3) is 2.53. The van der Waals surface area contributed by atoms with Gasteiger partial charge >= 0.3 is 0 Å². The predicted octanol–water partition coefficient (Wildman–Crippen LogP) is 5.82. The van der Waals surface area contributed by atoms with E-state index < -0.39 is 0 Å². The Hall–Kier alpha value is -2.61. The molecule has 2 aromatic heterocycles. The molecule has 2 heterocycles. The van der Waals surface area contributed by atoms with Crippen molar-refractivity contribution in [3.8, 4) is 11.3 Å². The second-order valence-electron chi connectivity index (χ2n) is 7.35. The Bertz CT molecular complexity index is 1100. The first-order valence-electron chi connectivity index (χ1n) is 8.88. The van der Waals surface area contributed by atoms with Gasteiger partial charge < -0.3 is 4.42 Å². The Kier molecular flexibility index (Phi) is 3.64. The average molecular weight is 330 g/mol. The molecule has 0 radical (unpaired) electrons. The first-order chi connectivity index (χ1) is 12.0. The molecule has 4 rings (SSSR count). The van der Waals surface area contributed by atoms with Crippen molar-refractivity contribution in [1.82, 2.24) is 0 Å². The lowest BCUT2D eigenvalue weighted by Crippen LogP contribution is -2.31. The monoisotopic (exact) mass is 330 g/mol. The summed E-state index contributed by atoms with van der Waals surface area (Å²) in [6.07, 6.45) is 2.23. The lowest BCUT2D eigenvalue weighted by molar-refractivity contribution is -0.660. The molecule has 2 aromatic carbocycles. The fourth-order valence-electron chi connectivity index (χ4n) is 3.60. The Balaban J connectivity index is 2.04. The summed E-state index contributed by atoms with van der Waals surface area (Å²) >= 11 is 0. The van der Waals surface area contributed by atoms with Crippen molar-refractivity contribution in [2.24, 2.45) is 7.05 Å². The number of benzene rings is 2. The molecule has 126 valence electrons. The summed E-state index contributed by atoms with van der Waals surface area (Å²) in [6.45, 7) is 8.73. The molecule has 2 nitrogen and oxygen atoms in total. The summed E-state index contributed by atoms with van der Waals surface area (Å²) in [5, 5.41) is 2.38. The van der Waals surface area contributed by atoms with Gasteiger partial charge in [-0.2, -0.15) is 0 Å². The summed E-state index contributed by atoms with van der Waals surface area (Å²) < 4.78 is 8.51. The van der Waals surface area contributed by atoms with Crippen LogP contribution in [0.1, 0.15) is 36.5 Å². The zero-order valence-corrected chi connectivity index (χ0v) is 15.6. The zero-order chi connectivity index (χ0) is 17.7. The lowest BCUT2D eigenvalue weighted by Gasteiger charge is -2.08. The number of aryl methyl sites for hydroxylation is 3. The molecule has 0 bridgehead atoms. The van der Waals surface area contributed by atoms with Crippen LogP contribution in [-0.4, -0.2) is 0 Å². The molecule has 0 amide bonds. The number of pyridine rings is 1. The summed E-state index contributed by atoms with van der Waals surface area (Å²) in [4.78, 5) is 0. The molecule has 0 saturated heterocycles. The van der Waals surface area contributed by atoms with Gasteiger partial charge in [-0.25, -0.2) is 4.57 Å². The summed E-state index contributed by atoms with van der Waals surface area (Å²) in [6, 6.07) is 15.2. The number of hydrogen-bond acceptors (Lipinski definition) is 1. The zero-order valence-electron chi connectivity index (χ0n) is 15.6. The van der Waals surface area contributed by atoms with E-state index in [4.69, 9.17) is 4.42 Å². The van der Waals surface area contributed by atoms with Crippen LogP contribution in [0.2, 0.25) is 0 Å². The SMILES string of the molecule is Cc1ccc2oc3c(-c4ccc(C(C)C)c[n+]4C)c(C)ccc3c2c1. The Labute approximate surface area is 148 Å².